The molecule has 2 heterocycles. The predicted octanol–water partition coefficient (Wildman–Crippen LogP) is 1.15. The van der Waals surface area contributed by atoms with Gasteiger partial charge in [-0.25, -0.2) is 4.79 Å². The fourth-order valence-electron chi connectivity index (χ4n) is 3.24. The summed E-state index contributed by atoms with van der Waals surface area (Å²) in [5.41, 5.74) is -2.34. The zero-order chi connectivity index (χ0) is 15.7. The molecule has 0 aromatic rings. The van der Waals surface area contributed by atoms with Crippen molar-refractivity contribution < 1.29 is 24.5 Å². The topological polar surface area (TPSA) is 79.2 Å². The highest BCUT2D eigenvalue weighted by Gasteiger charge is 2.54. The van der Waals surface area contributed by atoms with Crippen molar-refractivity contribution in [2.45, 2.75) is 51.2 Å². The molecule has 122 valence electrons. The largest absolute Gasteiger partial charge is 0.444 e. The van der Waals surface area contributed by atoms with Gasteiger partial charge in [-0.2, -0.15) is 0 Å². The molecule has 2 atom stereocenters. The van der Waals surface area contributed by atoms with Crippen LogP contribution >= 0.6 is 0 Å². The Hall–Kier alpha value is -0.850. The minimum Gasteiger partial charge on any atom is -0.444 e. The van der Waals surface area contributed by atoms with Gasteiger partial charge in [0, 0.05) is 31.5 Å². The Morgan fingerprint density at radius 1 is 1.38 bits per heavy atom. The molecule has 6 nitrogen and oxygen atoms in total. The molecule has 2 fully saturated rings. The zero-order valence-electron chi connectivity index (χ0n) is 13.2. The SMILES string of the molecule is CC(C)(C)OC(=O)N1CCCC(CO)(C2(O)CCOC2)C1. The van der Waals surface area contributed by atoms with E-state index in [4.69, 9.17) is 9.47 Å². The predicted molar refractivity (Wildman–Crippen MR) is 76.9 cm³/mol. The van der Waals surface area contributed by atoms with Gasteiger partial charge in [0.1, 0.15) is 5.60 Å². The Balaban J connectivity index is 2.13. The number of hydrogen-bond donors (Lipinski definition) is 2. The third kappa shape index (κ3) is 3.33. The summed E-state index contributed by atoms with van der Waals surface area (Å²) in [7, 11) is 0. The van der Waals surface area contributed by atoms with Gasteiger partial charge < -0.3 is 24.6 Å². The monoisotopic (exact) mass is 301 g/mol. The van der Waals surface area contributed by atoms with E-state index in [1.54, 1.807) is 4.90 Å². The average Bonchev–Trinajstić information content (AvgIpc) is 2.85. The number of nitrogens with zero attached hydrogens (tertiary/aromatic N) is 1. The first-order valence-electron chi connectivity index (χ1n) is 7.60. The number of likely N-dealkylation sites (tertiary alicyclic amines) is 1. The average molecular weight is 301 g/mol. The summed E-state index contributed by atoms with van der Waals surface area (Å²) in [6.45, 7) is 6.92. The van der Waals surface area contributed by atoms with E-state index < -0.39 is 16.6 Å². The minimum atomic E-state index is -1.07. The van der Waals surface area contributed by atoms with E-state index in [9.17, 15) is 15.0 Å². The van der Waals surface area contributed by atoms with Crippen molar-refractivity contribution in [3.05, 3.63) is 0 Å². The van der Waals surface area contributed by atoms with Crippen LogP contribution in [0.3, 0.4) is 0 Å². The van der Waals surface area contributed by atoms with Crippen LogP contribution in [0.5, 0.6) is 0 Å². The van der Waals surface area contributed by atoms with E-state index >= 15 is 0 Å². The van der Waals surface area contributed by atoms with Crippen LogP contribution in [-0.2, 0) is 9.47 Å². The Morgan fingerprint density at radius 2 is 2.10 bits per heavy atom. The van der Waals surface area contributed by atoms with E-state index in [1.165, 1.54) is 0 Å². The van der Waals surface area contributed by atoms with Crippen molar-refractivity contribution in [2.24, 2.45) is 5.41 Å². The van der Waals surface area contributed by atoms with Crippen molar-refractivity contribution in [1.29, 1.82) is 0 Å². The van der Waals surface area contributed by atoms with Crippen LogP contribution in [0, 0.1) is 5.41 Å². The van der Waals surface area contributed by atoms with E-state index in [-0.39, 0.29) is 19.3 Å². The quantitative estimate of drug-likeness (QED) is 0.800. The van der Waals surface area contributed by atoms with E-state index in [1.807, 2.05) is 20.8 Å². The van der Waals surface area contributed by atoms with E-state index in [0.717, 1.165) is 6.42 Å². The van der Waals surface area contributed by atoms with Crippen LogP contribution in [-0.4, -0.2) is 65.3 Å². The number of hydrogen-bond acceptors (Lipinski definition) is 5. The lowest BCUT2D eigenvalue weighted by atomic mass is 9.67. The Kier molecular flexibility index (Phi) is 4.52. The molecule has 1 amide bonds. The molecule has 0 aromatic heterocycles. The highest BCUT2D eigenvalue weighted by Crippen LogP contribution is 2.44. The van der Waals surface area contributed by atoms with Gasteiger partial charge in [0.25, 0.3) is 0 Å². The molecule has 2 N–H and O–H groups in total. The normalized spacial score (nSPS) is 34.0. The number of aliphatic hydroxyl groups is 2. The van der Waals surface area contributed by atoms with Crippen LogP contribution in [0.1, 0.15) is 40.0 Å². The smallest absolute Gasteiger partial charge is 0.410 e. The van der Waals surface area contributed by atoms with Crippen LogP contribution in [0.2, 0.25) is 0 Å². The fourth-order valence-corrected chi connectivity index (χ4v) is 3.24. The molecule has 21 heavy (non-hydrogen) atoms. The van der Waals surface area contributed by atoms with Gasteiger partial charge >= 0.3 is 6.09 Å². The number of ether oxygens (including phenoxy) is 2. The molecule has 6 heteroatoms. The number of amides is 1. The van der Waals surface area contributed by atoms with Crippen LogP contribution in [0.4, 0.5) is 4.79 Å². The Labute approximate surface area is 126 Å². The van der Waals surface area contributed by atoms with Crippen molar-refractivity contribution in [1.82, 2.24) is 4.90 Å². The molecule has 0 bridgehead atoms. The maximum absolute atomic E-state index is 12.2. The summed E-state index contributed by atoms with van der Waals surface area (Å²) in [5, 5.41) is 20.7. The molecule has 2 aliphatic heterocycles. The molecular weight excluding hydrogens is 274 g/mol. The van der Waals surface area contributed by atoms with Crippen LogP contribution < -0.4 is 0 Å². The molecule has 0 radical (unpaired) electrons. The molecule has 2 aliphatic rings. The third-order valence-electron chi connectivity index (χ3n) is 4.52. The van der Waals surface area contributed by atoms with E-state index in [0.29, 0.717) is 32.5 Å². The number of aliphatic hydroxyl groups excluding tert-OH is 1. The Morgan fingerprint density at radius 3 is 2.62 bits per heavy atom. The highest BCUT2D eigenvalue weighted by molar-refractivity contribution is 5.68. The second-order valence-corrected chi connectivity index (χ2v) is 7.28. The lowest BCUT2D eigenvalue weighted by Crippen LogP contribution is -2.60. The van der Waals surface area contributed by atoms with Gasteiger partial charge in [-0.15, -0.1) is 0 Å². The lowest BCUT2D eigenvalue weighted by molar-refractivity contribution is -0.137. The summed E-state index contributed by atoms with van der Waals surface area (Å²) in [6.07, 6.45) is 1.53. The first-order chi connectivity index (χ1) is 9.71. The standard InChI is InChI=1S/C15H27NO5/c1-13(2,3)21-12(18)16-7-4-5-14(9-16,10-17)15(19)6-8-20-11-15/h17,19H,4-11H2,1-3H3. The molecule has 2 saturated heterocycles. The Bertz CT molecular complexity index is 386. The lowest BCUT2D eigenvalue weighted by Gasteiger charge is -2.49. The van der Waals surface area contributed by atoms with Crippen LogP contribution in [0.15, 0.2) is 0 Å². The number of rotatable bonds is 2. The number of carbonyl (C=O) groups is 1. The summed E-state index contributed by atoms with van der Waals surface area (Å²) >= 11 is 0. The zero-order valence-corrected chi connectivity index (χ0v) is 13.2. The second kappa shape index (κ2) is 5.74. The van der Waals surface area contributed by atoms with Gasteiger partial charge in [-0.3, -0.25) is 0 Å². The van der Waals surface area contributed by atoms with Gasteiger partial charge in [-0.05, 0) is 33.6 Å². The molecule has 0 aliphatic carbocycles. The molecule has 0 saturated carbocycles. The second-order valence-electron chi connectivity index (χ2n) is 7.28. The highest BCUT2D eigenvalue weighted by atomic mass is 16.6. The molecular formula is C15H27NO5. The van der Waals surface area contributed by atoms with Gasteiger partial charge in [-0.1, -0.05) is 0 Å². The first-order valence-corrected chi connectivity index (χ1v) is 7.60. The summed E-state index contributed by atoms with van der Waals surface area (Å²) in [5.74, 6) is 0. The van der Waals surface area contributed by atoms with Gasteiger partial charge in [0.2, 0.25) is 0 Å². The molecule has 0 aromatic carbocycles. The maximum Gasteiger partial charge on any atom is 0.410 e. The van der Waals surface area contributed by atoms with Crippen molar-refractivity contribution in [3.63, 3.8) is 0 Å². The van der Waals surface area contributed by atoms with Gasteiger partial charge in [0.15, 0.2) is 0 Å². The maximum atomic E-state index is 12.2. The van der Waals surface area contributed by atoms with Crippen molar-refractivity contribution in [3.8, 4) is 0 Å². The third-order valence-corrected chi connectivity index (χ3v) is 4.52. The molecule has 2 unspecified atom stereocenters. The summed E-state index contributed by atoms with van der Waals surface area (Å²) < 4.78 is 10.7. The molecule has 0 spiro atoms. The van der Waals surface area contributed by atoms with Gasteiger partial charge in [0.05, 0.1) is 18.8 Å². The summed E-state index contributed by atoms with van der Waals surface area (Å²) in [6, 6.07) is 0. The summed E-state index contributed by atoms with van der Waals surface area (Å²) in [4.78, 5) is 13.8. The number of piperidine rings is 1. The fraction of sp³-hybridized carbons (Fsp3) is 0.933. The van der Waals surface area contributed by atoms with Crippen molar-refractivity contribution >= 4 is 6.09 Å². The molecule has 2 rings (SSSR count). The van der Waals surface area contributed by atoms with Crippen LogP contribution in [0.25, 0.3) is 0 Å². The van der Waals surface area contributed by atoms with E-state index in [2.05, 4.69) is 0 Å². The number of carbonyl (C=O) groups excluding carboxylic acids is 1. The first kappa shape index (κ1) is 16.5. The van der Waals surface area contributed by atoms with Crippen molar-refractivity contribution in [2.75, 3.05) is 32.9 Å². The minimum absolute atomic E-state index is 0.161.